The summed E-state index contributed by atoms with van der Waals surface area (Å²) in [4.78, 5) is 17.1. The highest BCUT2D eigenvalue weighted by atomic mass is 35.5. The minimum Gasteiger partial charge on any atom is -0.335 e. The molecule has 5 nitrogen and oxygen atoms in total. The van der Waals surface area contributed by atoms with Gasteiger partial charge in [-0.25, -0.2) is 4.52 Å². The van der Waals surface area contributed by atoms with E-state index in [1.54, 1.807) is 10.7 Å². The number of pyridine rings is 1. The van der Waals surface area contributed by atoms with Crippen molar-refractivity contribution in [3.8, 4) is 0 Å². The van der Waals surface area contributed by atoms with Gasteiger partial charge in [-0.2, -0.15) is 5.10 Å². The van der Waals surface area contributed by atoms with Crippen molar-refractivity contribution in [3.63, 3.8) is 0 Å². The normalized spacial score (nSPS) is 15.5. The molecule has 1 aliphatic heterocycles. The summed E-state index contributed by atoms with van der Waals surface area (Å²) in [6.45, 7) is 6.14. The summed E-state index contributed by atoms with van der Waals surface area (Å²) in [6.07, 6.45) is 1.80. The quantitative estimate of drug-likeness (QED) is 0.712. The first-order valence-electron chi connectivity index (χ1n) is 8.82. The predicted octanol–water partition coefficient (Wildman–Crippen LogP) is 3.25. The van der Waals surface area contributed by atoms with Crippen LogP contribution in [-0.2, 0) is 6.54 Å². The monoisotopic (exact) mass is 368 g/mol. The van der Waals surface area contributed by atoms with Gasteiger partial charge in [0, 0.05) is 38.9 Å². The van der Waals surface area contributed by atoms with Crippen LogP contribution < -0.4 is 0 Å². The summed E-state index contributed by atoms with van der Waals surface area (Å²) in [5.74, 6) is -0.0887. The van der Waals surface area contributed by atoms with Crippen LogP contribution in [0.3, 0.4) is 0 Å². The lowest BCUT2D eigenvalue weighted by Gasteiger charge is -2.34. The zero-order chi connectivity index (χ0) is 18.1. The predicted molar refractivity (Wildman–Crippen MR) is 103 cm³/mol. The van der Waals surface area contributed by atoms with E-state index in [2.05, 4.69) is 41.2 Å². The van der Waals surface area contributed by atoms with Crippen LogP contribution >= 0.6 is 11.6 Å². The average Bonchev–Trinajstić information content (AvgIpc) is 3.01. The molecule has 0 aliphatic carbocycles. The number of aryl methyl sites for hydroxylation is 1. The first-order valence-corrected chi connectivity index (χ1v) is 9.20. The SMILES string of the molecule is Cc1ccccc1CN1CCN(C(=O)c2nn3ccccc3c2Cl)CC1. The van der Waals surface area contributed by atoms with Crippen molar-refractivity contribution >= 4 is 23.0 Å². The van der Waals surface area contributed by atoms with Crippen molar-refractivity contribution in [3.05, 3.63) is 70.5 Å². The number of carbonyl (C=O) groups is 1. The third-order valence-corrected chi connectivity index (χ3v) is 5.37. The molecule has 6 heteroatoms. The summed E-state index contributed by atoms with van der Waals surface area (Å²) in [6, 6.07) is 14.1. The van der Waals surface area contributed by atoms with Crippen LogP contribution in [0.5, 0.6) is 0 Å². The van der Waals surface area contributed by atoms with Gasteiger partial charge in [0.25, 0.3) is 5.91 Å². The molecular weight excluding hydrogens is 348 g/mol. The Labute approximate surface area is 157 Å². The minimum absolute atomic E-state index is 0.0887. The van der Waals surface area contributed by atoms with E-state index in [1.165, 1.54) is 11.1 Å². The van der Waals surface area contributed by atoms with E-state index in [0.717, 1.165) is 25.2 Å². The molecule has 0 N–H and O–H groups in total. The van der Waals surface area contributed by atoms with Gasteiger partial charge in [0.1, 0.15) is 0 Å². The van der Waals surface area contributed by atoms with Crippen molar-refractivity contribution in [2.24, 2.45) is 0 Å². The molecule has 1 amide bonds. The van der Waals surface area contributed by atoms with Gasteiger partial charge in [0.2, 0.25) is 0 Å². The topological polar surface area (TPSA) is 40.8 Å². The number of amides is 1. The zero-order valence-electron chi connectivity index (χ0n) is 14.7. The van der Waals surface area contributed by atoms with Crippen LogP contribution in [0.4, 0.5) is 0 Å². The fraction of sp³-hybridized carbons (Fsp3) is 0.300. The summed E-state index contributed by atoms with van der Waals surface area (Å²) in [7, 11) is 0. The first-order chi connectivity index (χ1) is 12.6. The van der Waals surface area contributed by atoms with Gasteiger partial charge < -0.3 is 4.90 Å². The van der Waals surface area contributed by atoms with Gasteiger partial charge in [-0.3, -0.25) is 9.69 Å². The lowest BCUT2D eigenvalue weighted by molar-refractivity contribution is 0.0622. The number of benzene rings is 1. The molecule has 0 radical (unpaired) electrons. The third kappa shape index (κ3) is 3.20. The largest absolute Gasteiger partial charge is 0.335 e. The van der Waals surface area contributed by atoms with E-state index in [1.807, 2.05) is 23.1 Å². The molecule has 2 aromatic heterocycles. The summed E-state index contributed by atoms with van der Waals surface area (Å²) in [5.41, 5.74) is 3.75. The molecule has 1 aromatic carbocycles. The Morgan fingerprint density at radius 1 is 1.08 bits per heavy atom. The highest BCUT2D eigenvalue weighted by Crippen LogP contribution is 2.23. The molecular formula is C20H21ClN4O. The van der Waals surface area contributed by atoms with Crippen LogP contribution in [0.25, 0.3) is 5.52 Å². The summed E-state index contributed by atoms with van der Waals surface area (Å²) >= 11 is 6.38. The van der Waals surface area contributed by atoms with Gasteiger partial charge in [-0.15, -0.1) is 0 Å². The molecule has 3 aromatic rings. The molecule has 0 saturated carbocycles. The van der Waals surface area contributed by atoms with Crippen molar-refractivity contribution in [2.45, 2.75) is 13.5 Å². The second kappa shape index (κ2) is 7.09. The van der Waals surface area contributed by atoms with Crippen LogP contribution in [-0.4, -0.2) is 51.5 Å². The van der Waals surface area contributed by atoms with Crippen molar-refractivity contribution < 1.29 is 4.79 Å². The van der Waals surface area contributed by atoms with Crippen LogP contribution in [0.2, 0.25) is 5.02 Å². The first kappa shape index (κ1) is 17.1. The number of hydrogen-bond acceptors (Lipinski definition) is 3. The Bertz CT molecular complexity index is 944. The molecule has 0 atom stereocenters. The lowest BCUT2D eigenvalue weighted by Crippen LogP contribution is -2.48. The van der Waals surface area contributed by atoms with E-state index in [0.29, 0.717) is 23.8 Å². The molecule has 1 saturated heterocycles. The standard InChI is InChI=1S/C20H21ClN4O/c1-15-6-2-3-7-16(15)14-23-10-12-24(13-11-23)20(26)19-18(21)17-8-4-5-9-25(17)22-19/h2-9H,10-14H2,1H3. The van der Waals surface area contributed by atoms with E-state index in [-0.39, 0.29) is 5.91 Å². The number of carbonyl (C=O) groups excluding carboxylic acids is 1. The Hall–Kier alpha value is -2.37. The fourth-order valence-corrected chi connectivity index (χ4v) is 3.66. The Morgan fingerprint density at radius 3 is 2.54 bits per heavy atom. The molecule has 0 spiro atoms. The second-order valence-electron chi connectivity index (χ2n) is 6.69. The van der Waals surface area contributed by atoms with Crippen LogP contribution in [0.1, 0.15) is 21.6 Å². The highest BCUT2D eigenvalue weighted by molar-refractivity contribution is 6.36. The molecule has 3 heterocycles. The number of nitrogens with zero attached hydrogens (tertiary/aromatic N) is 4. The Kier molecular flexibility index (Phi) is 4.66. The molecule has 26 heavy (non-hydrogen) atoms. The summed E-state index contributed by atoms with van der Waals surface area (Å²) in [5, 5.41) is 4.79. The van der Waals surface area contributed by atoms with Crippen LogP contribution in [0.15, 0.2) is 48.7 Å². The maximum Gasteiger partial charge on any atom is 0.276 e. The smallest absolute Gasteiger partial charge is 0.276 e. The maximum atomic E-state index is 12.9. The highest BCUT2D eigenvalue weighted by Gasteiger charge is 2.26. The molecule has 1 fully saturated rings. The number of aromatic nitrogens is 2. The molecule has 1 aliphatic rings. The lowest BCUT2D eigenvalue weighted by atomic mass is 10.1. The van der Waals surface area contributed by atoms with Gasteiger partial charge in [0.05, 0.1) is 10.5 Å². The molecule has 134 valence electrons. The van der Waals surface area contributed by atoms with E-state index in [4.69, 9.17) is 11.6 Å². The second-order valence-corrected chi connectivity index (χ2v) is 7.07. The molecule has 0 unspecified atom stereocenters. The van der Waals surface area contributed by atoms with E-state index < -0.39 is 0 Å². The molecule has 4 rings (SSSR count). The fourth-order valence-electron chi connectivity index (χ4n) is 3.39. The van der Waals surface area contributed by atoms with Crippen molar-refractivity contribution in [2.75, 3.05) is 26.2 Å². The minimum atomic E-state index is -0.0887. The van der Waals surface area contributed by atoms with Crippen molar-refractivity contribution in [1.29, 1.82) is 0 Å². The number of halogens is 1. The number of rotatable bonds is 3. The van der Waals surface area contributed by atoms with Gasteiger partial charge in [0.15, 0.2) is 5.69 Å². The average molecular weight is 369 g/mol. The molecule has 0 bridgehead atoms. The Balaban J connectivity index is 1.43. The van der Waals surface area contributed by atoms with E-state index >= 15 is 0 Å². The summed E-state index contributed by atoms with van der Waals surface area (Å²) < 4.78 is 1.66. The maximum absolute atomic E-state index is 12.9. The van der Waals surface area contributed by atoms with Crippen molar-refractivity contribution in [1.82, 2.24) is 19.4 Å². The van der Waals surface area contributed by atoms with Crippen LogP contribution in [0, 0.1) is 6.92 Å². The third-order valence-electron chi connectivity index (χ3n) is 5.00. The Morgan fingerprint density at radius 2 is 1.81 bits per heavy atom. The van der Waals surface area contributed by atoms with E-state index in [9.17, 15) is 4.79 Å². The number of fused-ring (bicyclic) bond motifs is 1. The number of piperazine rings is 1. The van der Waals surface area contributed by atoms with Gasteiger partial charge in [-0.1, -0.05) is 41.9 Å². The number of hydrogen-bond donors (Lipinski definition) is 0. The van der Waals surface area contributed by atoms with Gasteiger partial charge >= 0.3 is 0 Å². The zero-order valence-corrected chi connectivity index (χ0v) is 15.5. The van der Waals surface area contributed by atoms with Gasteiger partial charge in [-0.05, 0) is 30.2 Å².